The van der Waals surface area contributed by atoms with Crippen LogP contribution in [0.4, 0.5) is 0 Å². The number of hydrogen-bond acceptors (Lipinski definition) is 4. The van der Waals surface area contributed by atoms with Crippen LogP contribution in [0.25, 0.3) is 0 Å². The highest BCUT2D eigenvalue weighted by Crippen LogP contribution is 2.45. The highest BCUT2D eigenvalue weighted by molar-refractivity contribution is 5.92. The number of carboxylic acids is 3. The van der Waals surface area contributed by atoms with Gasteiger partial charge in [0.15, 0.2) is 5.60 Å². The number of carboxylic acid groups (broad SMARTS) is 3. The fraction of sp³-hybridized carbons (Fsp3) is 0.912. The molecule has 7 heteroatoms. The van der Waals surface area contributed by atoms with Crippen molar-refractivity contribution in [1.29, 1.82) is 0 Å². The quantitative estimate of drug-likeness (QED) is 0.0596. The molecule has 0 aliphatic rings. The number of hydrogen-bond donors (Lipinski definition) is 4. The van der Waals surface area contributed by atoms with E-state index >= 15 is 0 Å². The topological polar surface area (TPSA) is 132 Å². The summed E-state index contributed by atoms with van der Waals surface area (Å²) in [6.07, 6.45) is 25.2. The fourth-order valence-corrected chi connectivity index (χ4v) is 6.13. The van der Waals surface area contributed by atoms with E-state index in [0.717, 1.165) is 51.4 Å². The summed E-state index contributed by atoms with van der Waals surface area (Å²) in [6.45, 7) is 4.43. The van der Waals surface area contributed by atoms with Crippen molar-refractivity contribution in [2.24, 2.45) is 5.41 Å². The van der Waals surface area contributed by atoms with E-state index < -0.39 is 35.3 Å². The average Bonchev–Trinajstić information content (AvgIpc) is 2.92. The molecule has 0 bridgehead atoms. The van der Waals surface area contributed by atoms with Gasteiger partial charge in [-0.25, -0.2) is 4.79 Å². The lowest BCUT2D eigenvalue weighted by Gasteiger charge is -2.41. The lowest BCUT2D eigenvalue weighted by molar-refractivity contribution is -0.196. The van der Waals surface area contributed by atoms with Crippen LogP contribution >= 0.6 is 0 Å². The van der Waals surface area contributed by atoms with Crippen LogP contribution in [0.1, 0.15) is 187 Å². The standard InChI is InChI=1S/C34H64O7/c1-3-5-7-9-11-13-15-16-17-18-20-22-24-26-28-33(31(37)38,34(41,32(39)40)29-30(35)36)27-25-23-21-19-14-12-10-8-6-4-2/h41H,3-29H2,1-2H3,(H,35,36)(H,37,38)(H,39,40). The second kappa shape index (κ2) is 24.9. The molecule has 0 saturated carbocycles. The smallest absolute Gasteiger partial charge is 0.337 e. The molecule has 0 rings (SSSR count). The molecule has 0 fully saturated rings. The predicted molar refractivity (Wildman–Crippen MR) is 166 cm³/mol. The van der Waals surface area contributed by atoms with Gasteiger partial charge in [0.2, 0.25) is 0 Å². The van der Waals surface area contributed by atoms with E-state index in [0.29, 0.717) is 12.8 Å². The van der Waals surface area contributed by atoms with E-state index in [-0.39, 0.29) is 12.8 Å². The van der Waals surface area contributed by atoms with Gasteiger partial charge in [-0.15, -0.1) is 0 Å². The Morgan fingerprint density at radius 2 is 0.707 bits per heavy atom. The van der Waals surface area contributed by atoms with Gasteiger partial charge in [0.05, 0.1) is 6.42 Å². The molecule has 0 amide bonds. The van der Waals surface area contributed by atoms with Gasteiger partial charge in [-0.2, -0.15) is 0 Å². The van der Waals surface area contributed by atoms with Gasteiger partial charge >= 0.3 is 17.9 Å². The van der Waals surface area contributed by atoms with Crippen molar-refractivity contribution in [2.45, 2.75) is 193 Å². The number of carbonyl (C=O) groups is 3. The lowest BCUT2D eigenvalue weighted by Crippen LogP contribution is -2.59. The van der Waals surface area contributed by atoms with Crippen LogP contribution < -0.4 is 0 Å². The minimum absolute atomic E-state index is 0.0339. The van der Waals surface area contributed by atoms with Crippen molar-refractivity contribution in [3.8, 4) is 0 Å². The molecule has 0 aromatic rings. The van der Waals surface area contributed by atoms with E-state index in [2.05, 4.69) is 13.8 Å². The summed E-state index contributed by atoms with van der Waals surface area (Å²) in [5, 5.41) is 40.6. The summed E-state index contributed by atoms with van der Waals surface area (Å²) in [4.78, 5) is 36.3. The van der Waals surface area contributed by atoms with Crippen LogP contribution in [0, 0.1) is 5.41 Å². The predicted octanol–water partition coefficient (Wildman–Crippen LogP) is 9.53. The number of unbranched alkanes of at least 4 members (excludes halogenated alkanes) is 22. The van der Waals surface area contributed by atoms with Crippen LogP contribution in [0.5, 0.6) is 0 Å². The third kappa shape index (κ3) is 17.2. The summed E-state index contributed by atoms with van der Waals surface area (Å²) in [5.41, 5.74) is -4.87. The maximum absolute atomic E-state index is 12.6. The monoisotopic (exact) mass is 584 g/mol. The van der Waals surface area contributed by atoms with Crippen molar-refractivity contribution in [1.82, 2.24) is 0 Å². The molecule has 41 heavy (non-hydrogen) atoms. The average molecular weight is 585 g/mol. The van der Waals surface area contributed by atoms with Gasteiger partial charge in [0.25, 0.3) is 0 Å². The van der Waals surface area contributed by atoms with E-state index in [9.17, 15) is 34.8 Å². The van der Waals surface area contributed by atoms with Crippen LogP contribution in [-0.4, -0.2) is 43.9 Å². The zero-order valence-electron chi connectivity index (χ0n) is 26.6. The molecule has 7 nitrogen and oxygen atoms in total. The third-order valence-corrected chi connectivity index (χ3v) is 8.88. The lowest BCUT2D eigenvalue weighted by atomic mass is 9.64. The van der Waals surface area contributed by atoms with Crippen molar-refractivity contribution in [3.63, 3.8) is 0 Å². The van der Waals surface area contributed by atoms with Gasteiger partial charge in [-0.3, -0.25) is 9.59 Å². The first-order valence-electron chi connectivity index (χ1n) is 17.1. The molecule has 4 N–H and O–H groups in total. The second-order valence-corrected chi connectivity index (χ2v) is 12.4. The zero-order valence-corrected chi connectivity index (χ0v) is 26.6. The molecule has 242 valence electrons. The molecule has 0 saturated heterocycles. The first kappa shape index (κ1) is 39.4. The van der Waals surface area contributed by atoms with Gasteiger partial charge in [0.1, 0.15) is 5.41 Å². The second-order valence-electron chi connectivity index (χ2n) is 12.4. The van der Waals surface area contributed by atoms with E-state index in [1.54, 1.807) is 0 Å². The molecule has 2 unspecified atom stereocenters. The zero-order chi connectivity index (χ0) is 30.8. The Labute approximate surface area is 250 Å². The van der Waals surface area contributed by atoms with E-state index in [4.69, 9.17) is 0 Å². The number of rotatable bonds is 31. The fourth-order valence-electron chi connectivity index (χ4n) is 6.13. The summed E-state index contributed by atoms with van der Waals surface area (Å²) < 4.78 is 0. The number of aliphatic hydroxyl groups is 1. The van der Waals surface area contributed by atoms with Crippen molar-refractivity contribution >= 4 is 17.9 Å². The molecule has 0 heterocycles. The molecular weight excluding hydrogens is 520 g/mol. The summed E-state index contributed by atoms with van der Waals surface area (Å²) in [6, 6.07) is 0. The molecule has 0 spiro atoms. The Morgan fingerprint density at radius 1 is 0.439 bits per heavy atom. The Kier molecular flexibility index (Phi) is 23.9. The van der Waals surface area contributed by atoms with Crippen LogP contribution in [0.3, 0.4) is 0 Å². The van der Waals surface area contributed by atoms with Crippen LogP contribution in [0.2, 0.25) is 0 Å². The normalized spacial score (nSPS) is 14.4. The van der Waals surface area contributed by atoms with Crippen molar-refractivity contribution in [3.05, 3.63) is 0 Å². The number of aliphatic carboxylic acids is 3. The molecule has 0 aliphatic heterocycles. The summed E-state index contributed by atoms with van der Waals surface area (Å²) >= 11 is 0. The minimum Gasteiger partial charge on any atom is -0.481 e. The Morgan fingerprint density at radius 3 is 0.927 bits per heavy atom. The van der Waals surface area contributed by atoms with Gasteiger partial charge < -0.3 is 20.4 Å². The highest BCUT2D eigenvalue weighted by atomic mass is 16.4. The molecule has 0 aromatic heterocycles. The molecule has 0 radical (unpaired) electrons. The molecule has 0 aliphatic carbocycles. The summed E-state index contributed by atoms with van der Waals surface area (Å²) in [5.74, 6) is -4.68. The Balaban J connectivity index is 4.73. The van der Waals surface area contributed by atoms with E-state index in [1.807, 2.05) is 0 Å². The molecular formula is C34H64O7. The van der Waals surface area contributed by atoms with Gasteiger partial charge in [0, 0.05) is 0 Å². The van der Waals surface area contributed by atoms with E-state index in [1.165, 1.54) is 89.9 Å². The Bertz CT molecular complexity index is 680. The SMILES string of the molecule is CCCCCCCCCCCCCCCCC(CCCCCCCCCCCC)(C(=O)O)C(O)(CC(=O)O)C(=O)O. The van der Waals surface area contributed by atoms with Gasteiger partial charge in [-0.1, -0.05) is 168 Å². The largest absolute Gasteiger partial charge is 0.481 e. The minimum atomic E-state index is -2.85. The molecule has 0 aromatic carbocycles. The first-order chi connectivity index (χ1) is 19.7. The van der Waals surface area contributed by atoms with Crippen LogP contribution in [0.15, 0.2) is 0 Å². The Hall–Kier alpha value is -1.63. The molecule has 2 atom stereocenters. The summed E-state index contributed by atoms with van der Waals surface area (Å²) in [7, 11) is 0. The highest BCUT2D eigenvalue weighted by Gasteiger charge is 2.61. The van der Waals surface area contributed by atoms with Crippen molar-refractivity contribution in [2.75, 3.05) is 0 Å². The van der Waals surface area contributed by atoms with Gasteiger partial charge in [-0.05, 0) is 12.8 Å². The van der Waals surface area contributed by atoms with Crippen molar-refractivity contribution < 1.29 is 34.8 Å². The maximum atomic E-state index is 12.6. The maximum Gasteiger partial charge on any atom is 0.337 e. The third-order valence-electron chi connectivity index (χ3n) is 8.88. The van der Waals surface area contributed by atoms with Crippen LogP contribution in [-0.2, 0) is 14.4 Å². The first-order valence-corrected chi connectivity index (χ1v) is 17.1.